The Balaban J connectivity index is 3.07. The van der Waals surface area contributed by atoms with Gasteiger partial charge in [0.1, 0.15) is 5.71 Å². The van der Waals surface area contributed by atoms with E-state index in [4.69, 9.17) is 28.4 Å². The van der Waals surface area contributed by atoms with E-state index in [2.05, 4.69) is 22.3 Å². The molecule has 1 rings (SSSR count). The smallest absolute Gasteiger partial charge is 0.411 e. The van der Waals surface area contributed by atoms with Gasteiger partial charge in [-0.25, -0.2) is 0 Å². The van der Waals surface area contributed by atoms with E-state index in [1.807, 2.05) is 0 Å². The Labute approximate surface area is 134 Å². The highest BCUT2D eigenvalue weighted by Crippen LogP contribution is 2.38. The number of rotatable bonds is 5. The molecule has 0 saturated heterocycles. The highest BCUT2D eigenvalue weighted by molar-refractivity contribution is 6.42. The molecule has 0 radical (unpaired) electrons. The zero-order valence-electron chi connectivity index (χ0n) is 11.4. The predicted octanol–water partition coefficient (Wildman–Crippen LogP) is 5.21. The van der Waals surface area contributed by atoms with Crippen molar-refractivity contribution < 1.29 is 18.4 Å². The molecule has 0 aliphatic heterocycles. The first-order valence-electron chi connectivity index (χ1n) is 5.89. The van der Waals surface area contributed by atoms with Crippen molar-refractivity contribution in [2.24, 2.45) is 10.3 Å². The van der Waals surface area contributed by atoms with Crippen LogP contribution >= 0.6 is 23.2 Å². The van der Waals surface area contributed by atoms with Crippen molar-refractivity contribution >= 4 is 40.3 Å². The fraction of sp³-hybridized carbons (Fsp3) is 0.231. The third kappa shape index (κ3) is 4.64. The van der Waals surface area contributed by atoms with Gasteiger partial charge in [0.2, 0.25) is 0 Å². The van der Waals surface area contributed by atoms with Gasteiger partial charge in [0, 0.05) is 6.42 Å². The van der Waals surface area contributed by atoms with Crippen LogP contribution < -0.4 is 5.43 Å². The highest BCUT2D eigenvalue weighted by atomic mass is 35.5. The van der Waals surface area contributed by atoms with Gasteiger partial charge in [0.15, 0.2) is 0 Å². The van der Waals surface area contributed by atoms with Gasteiger partial charge in [-0.2, -0.15) is 18.3 Å². The minimum atomic E-state index is -4.55. The van der Waals surface area contributed by atoms with Gasteiger partial charge in [-0.3, -0.25) is 5.43 Å². The fourth-order valence-electron chi connectivity index (χ4n) is 1.45. The van der Waals surface area contributed by atoms with Gasteiger partial charge in [-0.15, -0.1) is 6.58 Å². The van der Waals surface area contributed by atoms with Crippen LogP contribution in [0.15, 0.2) is 35.0 Å². The lowest BCUT2D eigenvalue weighted by Gasteiger charge is -2.12. The van der Waals surface area contributed by atoms with Gasteiger partial charge in [-0.05, 0) is 19.1 Å². The Hall–Kier alpha value is -1.73. The van der Waals surface area contributed by atoms with Crippen LogP contribution in [0.5, 0.6) is 0 Å². The first-order chi connectivity index (χ1) is 10.2. The molecule has 0 heterocycles. The summed E-state index contributed by atoms with van der Waals surface area (Å²) < 4.78 is 37.8. The Morgan fingerprint density at radius 2 is 1.91 bits per heavy atom. The summed E-state index contributed by atoms with van der Waals surface area (Å²) in [4.78, 5) is 0. The van der Waals surface area contributed by atoms with Crippen molar-refractivity contribution in [2.45, 2.75) is 19.5 Å². The summed E-state index contributed by atoms with van der Waals surface area (Å²) in [6.07, 6.45) is -2.78. The molecule has 0 atom stereocenters. The molecule has 1 aromatic rings. The molecule has 1 aromatic carbocycles. The molecule has 22 heavy (non-hydrogen) atoms. The second kappa shape index (κ2) is 7.51. The van der Waals surface area contributed by atoms with E-state index in [-0.39, 0.29) is 27.9 Å². The molecule has 4 nitrogen and oxygen atoms in total. The molecule has 0 aliphatic rings. The van der Waals surface area contributed by atoms with E-state index >= 15 is 0 Å². The zero-order valence-corrected chi connectivity index (χ0v) is 12.9. The first kappa shape index (κ1) is 18.3. The van der Waals surface area contributed by atoms with Crippen LogP contribution in [0.25, 0.3) is 0 Å². The number of oxime groups is 1. The van der Waals surface area contributed by atoms with Crippen molar-refractivity contribution in [1.29, 1.82) is 0 Å². The van der Waals surface area contributed by atoms with E-state index in [0.29, 0.717) is 5.71 Å². The number of hydrogen-bond acceptors (Lipinski definition) is 4. The molecule has 9 heteroatoms. The summed E-state index contributed by atoms with van der Waals surface area (Å²) in [5, 5.41) is 15.3. The summed E-state index contributed by atoms with van der Waals surface area (Å²) >= 11 is 11.6. The van der Waals surface area contributed by atoms with E-state index in [1.54, 1.807) is 0 Å². The minimum Gasteiger partial charge on any atom is -0.411 e. The molecule has 120 valence electrons. The largest absolute Gasteiger partial charge is 0.416 e. The summed E-state index contributed by atoms with van der Waals surface area (Å²) in [6, 6.07) is 1.48. The second-order valence-corrected chi connectivity index (χ2v) is 4.98. The number of alkyl halides is 3. The topological polar surface area (TPSA) is 57.0 Å². The van der Waals surface area contributed by atoms with Crippen LogP contribution in [0.2, 0.25) is 10.0 Å². The van der Waals surface area contributed by atoms with E-state index in [1.165, 1.54) is 13.0 Å². The number of hydrazone groups is 1. The van der Waals surface area contributed by atoms with Gasteiger partial charge in [0.05, 0.1) is 27.0 Å². The molecule has 0 aromatic heterocycles. The molecule has 0 fully saturated rings. The van der Waals surface area contributed by atoms with Crippen LogP contribution in [0.1, 0.15) is 18.9 Å². The van der Waals surface area contributed by atoms with Crippen molar-refractivity contribution in [1.82, 2.24) is 0 Å². The number of hydrogen-bond donors (Lipinski definition) is 2. The monoisotopic (exact) mass is 353 g/mol. The van der Waals surface area contributed by atoms with Crippen molar-refractivity contribution in [3.8, 4) is 0 Å². The predicted molar refractivity (Wildman–Crippen MR) is 82.2 cm³/mol. The molecule has 0 amide bonds. The highest BCUT2D eigenvalue weighted by Gasteiger charge is 2.32. The maximum absolute atomic E-state index is 12.6. The molecular formula is C13H12Cl2F3N3O. The standard InChI is InChI=1S/C13H12Cl2F3N3O/c1-3-4-11(21-22)7(2)19-20-12-9(14)5-8(6-10(12)15)13(16,17)18/h3,5-6,20,22H,1,4H2,2H3. The van der Waals surface area contributed by atoms with Gasteiger partial charge < -0.3 is 5.21 Å². The van der Waals surface area contributed by atoms with Crippen LogP contribution in [-0.4, -0.2) is 16.6 Å². The fourth-order valence-corrected chi connectivity index (χ4v) is 2.02. The summed E-state index contributed by atoms with van der Waals surface area (Å²) in [6.45, 7) is 5.03. The Kier molecular flexibility index (Phi) is 6.25. The Bertz CT molecular complexity index is 604. The van der Waals surface area contributed by atoms with Crippen molar-refractivity contribution in [2.75, 3.05) is 5.43 Å². The number of nitrogens with one attached hydrogen (secondary N) is 1. The molecule has 0 saturated carbocycles. The lowest BCUT2D eigenvalue weighted by Crippen LogP contribution is -2.12. The number of nitrogens with zero attached hydrogens (tertiary/aromatic N) is 2. The van der Waals surface area contributed by atoms with E-state index < -0.39 is 11.7 Å². The Morgan fingerprint density at radius 1 is 1.36 bits per heavy atom. The molecule has 0 aliphatic carbocycles. The quantitative estimate of drug-likeness (QED) is 0.330. The van der Waals surface area contributed by atoms with Crippen LogP contribution in [0.3, 0.4) is 0 Å². The molecule has 0 spiro atoms. The first-order valence-corrected chi connectivity index (χ1v) is 6.65. The molecule has 2 N–H and O–H groups in total. The van der Waals surface area contributed by atoms with Crippen LogP contribution in [-0.2, 0) is 6.18 Å². The van der Waals surface area contributed by atoms with Crippen molar-refractivity contribution in [3.63, 3.8) is 0 Å². The normalized spacial score (nSPS) is 13.2. The van der Waals surface area contributed by atoms with Crippen LogP contribution in [0.4, 0.5) is 18.9 Å². The number of anilines is 1. The second-order valence-electron chi connectivity index (χ2n) is 4.16. The third-order valence-electron chi connectivity index (χ3n) is 2.58. The average Bonchev–Trinajstić information content (AvgIpc) is 2.42. The number of benzene rings is 1. The third-order valence-corrected chi connectivity index (χ3v) is 3.18. The van der Waals surface area contributed by atoms with Gasteiger partial charge in [-0.1, -0.05) is 34.4 Å². The van der Waals surface area contributed by atoms with E-state index in [9.17, 15) is 13.2 Å². The van der Waals surface area contributed by atoms with Gasteiger partial charge >= 0.3 is 6.18 Å². The lowest BCUT2D eigenvalue weighted by atomic mass is 10.2. The van der Waals surface area contributed by atoms with Crippen LogP contribution in [0, 0.1) is 0 Å². The van der Waals surface area contributed by atoms with Crippen molar-refractivity contribution in [3.05, 3.63) is 40.4 Å². The SMILES string of the molecule is C=CCC(=NO)C(C)=NNc1c(Cl)cc(C(F)(F)F)cc1Cl. The molecule has 0 unspecified atom stereocenters. The number of allylic oxidation sites excluding steroid dienone is 1. The Morgan fingerprint density at radius 3 is 2.32 bits per heavy atom. The molecule has 0 bridgehead atoms. The van der Waals surface area contributed by atoms with E-state index in [0.717, 1.165) is 12.1 Å². The zero-order chi connectivity index (χ0) is 16.9. The summed E-state index contributed by atoms with van der Waals surface area (Å²) in [5.41, 5.74) is 2.06. The average molecular weight is 354 g/mol. The summed E-state index contributed by atoms with van der Waals surface area (Å²) in [7, 11) is 0. The lowest BCUT2D eigenvalue weighted by molar-refractivity contribution is -0.137. The van der Waals surface area contributed by atoms with Gasteiger partial charge in [0.25, 0.3) is 0 Å². The molecular weight excluding hydrogens is 342 g/mol. The number of halogens is 5. The maximum Gasteiger partial charge on any atom is 0.416 e. The maximum atomic E-state index is 12.6. The minimum absolute atomic E-state index is 0.0200. The summed E-state index contributed by atoms with van der Waals surface area (Å²) in [5.74, 6) is 0.